The summed E-state index contributed by atoms with van der Waals surface area (Å²) in [6.07, 6.45) is 6.48. The molecule has 5 heteroatoms. The quantitative estimate of drug-likeness (QED) is 0.930. The van der Waals surface area contributed by atoms with E-state index in [1.54, 1.807) is 0 Å². The number of nitrogens with one attached hydrogen (secondary N) is 1. The summed E-state index contributed by atoms with van der Waals surface area (Å²) in [5, 5.41) is 12.3. The summed E-state index contributed by atoms with van der Waals surface area (Å²) in [6, 6.07) is 8.03. The van der Waals surface area contributed by atoms with E-state index in [1.807, 2.05) is 24.3 Å². The zero-order chi connectivity index (χ0) is 13.8. The second-order valence-corrected chi connectivity index (χ2v) is 5.66. The summed E-state index contributed by atoms with van der Waals surface area (Å²) in [5.41, 5.74) is 0.855. The topological polar surface area (TPSA) is 51.0 Å². The third kappa shape index (κ3) is 3.38. The number of hydrogen-bond acceptors (Lipinski definition) is 4. The van der Waals surface area contributed by atoms with Crippen molar-refractivity contribution < 1.29 is 4.42 Å². The first-order chi connectivity index (χ1) is 9.81. The van der Waals surface area contributed by atoms with Crippen molar-refractivity contribution in [1.82, 2.24) is 15.5 Å². The van der Waals surface area contributed by atoms with Crippen LogP contribution in [0.15, 0.2) is 28.7 Å². The van der Waals surface area contributed by atoms with E-state index < -0.39 is 0 Å². The molecule has 0 atom stereocenters. The van der Waals surface area contributed by atoms with Crippen molar-refractivity contribution in [3.8, 4) is 11.5 Å². The lowest BCUT2D eigenvalue weighted by Gasteiger charge is -2.21. The minimum absolute atomic E-state index is 0.521. The fourth-order valence-electron chi connectivity index (χ4n) is 2.60. The molecule has 1 aliphatic rings. The molecule has 0 saturated heterocycles. The summed E-state index contributed by atoms with van der Waals surface area (Å²) in [6.45, 7) is 0.637. The summed E-state index contributed by atoms with van der Waals surface area (Å²) < 4.78 is 5.67. The molecule has 4 nitrogen and oxygen atoms in total. The zero-order valence-electron chi connectivity index (χ0n) is 11.3. The molecular formula is C15H18ClN3O. The van der Waals surface area contributed by atoms with Gasteiger partial charge in [-0.05, 0) is 31.0 Å². The van der Waals surface area contributed by atoms with Crippen molar-refractivity contribution in [1.29, 1.82) is 0 Å². The molecule has 20 heavy (non-hydrogen) atoms. The SMILES string of the molecule is Clc1cccc(-c2nnc(CNC3CCCCC3)o2)c1. The number of aromatic nitrogens is 2. The third-order valence-electron chi connectivity index (χ3n) is 3.69. The molecule has 0 bridgehead atoms. The number of halogens is 1. The van der Waals surface area contributed by atoms with Crippen molar-refractivity contribution >= 4 is 11.6 Å². The van der Waals surface area contributed by atoms with Crippen LogP contribution in [0.2, 0.25) is 5.02 Å². The number of nitrogens with zero attached hydrogens (tertiary/aromatic N) is 2. The van der Waals surface area contributed by atoms with E-state index in [2.05, 4.69) is 15.5 Å². The van der Waals surface area contributed by atoms with Gasteiger partial charge in [0, 0.05) is 16.6 Å². The van der Waals surface area contributed by atoms with Gasteiger partial charge in [0.05, 0.1) is 6.54 Å². The van der Waals surface area contributed by atoms with Gasteiger partial charge in [-0.1, -0.05) is 36.9 Å². The lowest BCUT2D eigenvalue weighted by Crippen LogP contribution is -2.30. The van der Waals surface area contributed by atoms with Crippen LogP contribution in [0, 0.1) is 0 Å². The van der Waals surface area contributed by atoms with Gasteiger partial charge in [0.25, 0.3) is 0 Å². The molecule has 3 rings (SSSR count). The molecule has 1 aromatic carbocycles. The molecule has 106 valence electrons. The molecule has 1 aliphatic carbocycles. The summed E-state index contributed by atoms with van der Waals surface area (Å²) in [5.74, 6) is 1.15. The Balaban J connectivity index is 1.61. The second-order valence-electron chi connectivity index (χ2n) is 5.23. The molecule has 1 saturated carbocycles. The highest BCUT2D eigenvalue weighted by Gasteiger charge is 2.14. The van der Waals surface area contributed by atoms with Gasteiger partial charge in [-0.15, -0.1) is 10.2 Å². The van der Waals surface area contributed by atoms with Gasteiger partial charge in [0.2, 0.25) is 11.8 Å². The van der Waals surface area contributed by atoms with Gasteiger partial charge >= 0.3 is 0 Å². The molecule has 2 aromatic rings. The average molecular weight is 292 g/mol. The van der Waals surface area contributed by atoms with E-state index in [4.69, 9.17) is 16.0 Å². The molecule has 0 spiro atoms. The highest BCUT2D eigenvalue weighted by molar-refractivity contribution is 6.30. The maximum atomic E-state index is 5.96. The Hall–Kier alpha value is -1.39. The van der Waals surface area contributed by atoms with E-state index in [1.165, 1.54) is 32.1 Å². The van der Waals surface area contributed by atoms with Gasteiger partial charge in [-0.2, -0.15) is 0 Å². The van der Waals surface area contributed by atoms with Crippen LogP contribution in [0.4, 0.5) is 0 Å². The number of hydrogen-bond donors (Lipinski definition) is 1. The smallest absolute Gasteiger partial charge is 0.247 e. The van der Waals surface area contributed by atoms with Gasteiger partial charge in [0.1, 0.15) is 0 Å². The van der Waals surface area contributed by atoms with E-state index in [9.17, 15) is 0 Å². The molecular weight excluding hydrogens is 274 g/mol. The van der Waals surface area contributed by atoms with Crippen LogP contribution in [0.1, 0.15) is 38.0 Å². The second kappa shape index (κ2) is 6.37. The van der Waals surface area contributed by atoms with Crippen LogP contribution in [0.25, 0.3) is 11.5 Å². The van der Waals surface area contributed by atoms with Gasteiger partial charge in [-0.25, -0.2) is 0 Å². The fourth-order valence-corrected chi connectivity index (χ4v) is 2.79. The Morgan fingerprint density at radius 1 is 1.20 bits per heavy atom. The van der Waals surface area contributed by atoms with Gasteiger partial charge in [0.15, 0.2) is 0 Å². The highest BCUT2D eigenvalue weighted by atomic mass is 35.5. The Kier molecular flexibility index (Phi) is 4.33. The Labute approximate surface area is 123 Å². The number of benzene rings is 1. The third-order valence-corrected chi connectivity index (χ3v) is 3.92. The molecule has 0 unspecified atom stereocenters. The molecule has 1 heterocycles. The summed E-state index contributed by atoms with van der Waals surface area (Å²) in [4.78, 5) is 0. The Bertz CT molecular complexity index is 564. The summed E-state index contributed by atoms with van der Waals surface area (Å²) >= 11 is 5.96. The molecule has 0 aliphatic heterocycles. The van der Waals surface area contributed by atoms with Crippen LogP contribution in [-0.4, -0.2) is 16.2 Å². The summed E-state index contributed by atoms with van der Waals surface area (Å²) in [7, 11) is 0. The minimum Gasteiger partial charge on any atom is -0.419 e. The average Bonchev–Trinajstić information content (AvgIpc) is 2.95. The van der Waals surface area contributed by atoms with Crippen molar-refractivity contribution in [3.63, 3.8) is 0 Å². The van der Waals surface area contributed by atoms with E-state index in [-0.39, 0.29) is 0 Å². The maximum absolute atomic E-state index is 5.96. The van der Waals surface area contributed by atoms with E-state index in [0.29, 0.717) is 29.4 Å². The van der Waals surface area contributed by atoms with Crippen LogP contribution >= 0.6 is 11.6 Å². The lowest BCUT2D eigenvalue weighted by atomic mass is 9.95. The van der Waals surface area contributed by atoms with E-state index >= 15 is 0 Å². The standard InChI is InChI=1S/C15H18ClN3O/c16-12-6-4-5-11(9-12)15-19-18-14(20-15)10-17-13-7-2-1-3-8-13/h4-6,9,13,17H,1-3,7-8,10H2. The molecule has 1 aromatic heterocycles. The predicted molar refractivity (Wildman–Crippen MR) is 78.5 cm³/mol. The number of rotatable bonds is 4. The van der Waals surface area contributed by atoms with Crippen LogP contribution in [0.5, 0.6) is 0 Å². The molecule has 1 N–H and O–H groups in total. The van der Waals surface area contributed by atoms with E-state index in [0.717, 1.165) is 5.56 Å². The Morgan fingerprint density at radius 2 is 2.05 bits per heavy atom. The van der Waals surface area contributed by atoms with Crippen molar-refractivity contribution in [2.75, 3.05) is 0 Å². The van der Waals surface area contributed by atoms with Crippen LogP contribution < -0.4 is 5.32 Å². The molecule has 0 radical (unpaired) electrons. The molecule has 1 fully saturated rings. The monoisotopic (exact) mass is 291 g/mol. The highest BCUT2D eigenvalue weighted by Crippen LogP contribution is 2.22. The first kappa shape index (κ1) is 13.6. The van der Waals surface area contributed by atoms with Crippen molar-refractivity contribution in [2.24, 2.45) is 0 Å². The Morgan fingerprint density at radius 3 is 2.85 bits per heavy atom. The van der Waals surface area contributed by atoms with Gasteiger partial charge < -0.3 is 9.73 Å². The molecule has 0 amide bonds. The van der Waals surface area contributed by atoms with Crippen molar-refractivity contribution in [3.05, 3.63) is 35.2 Å². The first-order valence-corrected chi connectivity index (χ1v) is 7.51. The predicted octanol–water partition coefficient (Wildman–Crippen LogP) is 3.81. The lowest BCUT2D eigenvalue weighted by molar-refractivity contribution is 0.354. The zero-order valence-corrected chi connectivity index (χ0v) is 12.1. The van der Waals surface area contributed by atoms with Crippen LogP contribution in [0.3, 0.4) is 0 Å². The van der Waals surface area contributed by atoms with Crippen molar-refractivity contribution in [2.45, 2.75) is 44.7 Å². The minimum atomic E-state index is 0.521. The maximum Gasteiger partial charge on any atom is 0.247 e. The largest absolute Gasteiger partial charge is 0.419 e. The van der Waals surface area contributed by atoms with Gasteiger partial charge in [-0.3, -0.25) is 0 Å². The fraction of sp³-hybridized carbons (Fsp3) is 0.467. The first-order valence-electron chi connectivity index (χ1n) is 7.13. The van der Waals surface area contributed by atoms with Crippen LogP contribution in [-0.2, 0) is 6.54 Å². The normalized spacial score (nSPS) is 16.4.